The molecule has 19 heavy (non-hydrogen) atoms. The zero-order valence-electron chi connectivity index (χ0n) is 10.1. The fourth-order valence-electron chi connectivity index (χ4n) is 1.52. The maximum absolute atomic E-state index is 11.9. The van der Waals surface area contributed by atoms with Crippen LogP contribution in [0.15, 0.2) is 45.7 Å². The molecule has 0 unspecified atom stereocenters. The Kier molecular flexibility index (Phi) is 4.01. The first-order valence-corrected chi connectivity index (χ1v) is 6.23. The second-order valence-electron chi connectivity index (χ2n) is 3.73. The molecule has 0 spiro atoms. The molecule has 0 bridgehead atoms. The molecule has 0 fully saturated rings. The number of amides is 1. The van der Waals surface area contributed by atoms with E-state index < -0.39 is 0 Å². The predicted molar refractivity (Wildman–Crippen MR) is 75.7 cm³/mol. The Morgan fingerprint density at radius 3 is 2.74 bits per heavy atom. The number of carbonyl (C=O) groups excluding carboxylic acids is 1. The van der Waals surface area contributed by atoms with Gasteiger partial charge in [0.15, 0.2) is 0 Å². The number of hydrogen-bond donors (Lipinski definition) is 2. The molecular weight excluding hydrogens is 312 g/mol. The molecule has 0 aliphatic carbocycles. The number of aromatic amines is 1. The fourth-order valence-corrected chi connectivity index (χ4v) is 2.06. The van der Waals surface area contributed by atoms with Crippen LogP contribution in [0.4, 0.5) is 5.69 Å². The number of methoxy groups -OCH3 is 1. The Balaban J connectivity index is 2.19. The van der Waals surface area contributed by atoms with Gasteiger partial charge in [0.2, 0.25) is 5.56 Å². The van der Waals surface area contributed by atoms with Gasteiger partial charge in [-0.15, -0.1) is 0 Å². The highest BCUT2D eigenvalue weighted by molar-refractivity contribution is 9.10. The van der Waals surface area contributed by atoms with Crippen molar-refractivity contribution < 1.29 is 9.53 Å². The van der Waals surface area contributed by atoms with E-state index in [9.17, 15) is 9.59 Å². The first-order chi connectivity index (χ1) is 9.10. The third-order valence-electron chi connectivity index (χ3n) is 2.42. The number of benzene rings is 1. The van der Waals surface area contributed by atoms with E-state index >= 15 is 0 Å². The zero-order valence-corrected chi connectivity index (χ0v) is 11.7. The van der Waals surface area contributed by atoms with Gasteiger partial charge >= 0.3 is 0 Å². The molecule has 0 radical (unpaired) electrons. The third kappa shape index (κ3) is 3.23. The van der Waals surface area contributed by atoms with Gasteiger partial charge < -0.3 is 15.0 Å². The molecule has 1 amide bonds. The van der Waals surface area contributed by atoms with Crippen LogP contribution in [0.25, 0.3) is 0 Å². The number of hydrogen-bond acceptors (Lipinski definition) is 3. The third-order valence-corrected chi connectivity index (χ3v) is 3.04. The van der Waals surface area contributed by atoms with E-state index in [4.69, 9.17) is 4.74 Å². The summed E-state index contributed by atoms with van der Waals surface area (Å²) >= 11 is 3.33. The highest BCUT2D eigenvalue weighted by atomic mass is 79.9. The Hall–Kier alpha value is -2.08. The van der Waals surface area contributed by atoms with Crippen molar-refractivity contribution in [3.05, 3.63) is 56.9 Å². The maximum Gasteiger partial charge on any atom is 0.272 e. The minimum Gasteiger partial charge on any atom is -0.496 e. The van der Waals surface area contributed by atoms with Crippen molar-refractivity contribution in [3.8, 4) is 5.75 Å². The average molecular weight is 323 g/mol. The van der Waals surface area contributed by atoms with E-state index in [1.54, 1.807) is 25.3 Å². The van der Waals surface area contributed by atoms with E-state index in [2.05, 4.69) is 26.2 Å². The molecule has 98 valence electrons. The number of halogens is 1. The van der Waals surface area contributed by atoms with Crippen molar-refractivity contribution in [2.75, 3.05) is 12.4 Å². The van der Waals surface area contributed by atoms with E-state index in [0.717, 1.165) is 4.47 Å². The Labute approximate surface area is 117 Å². The molecule has 1 heterocycles. The summed E-state index contributed by atoms with van der Waals surface area (Å²) in [5.41, 5.74) is 0.491. The van der Waals surface area contributed by atoms with Gasteiger partial charge in [0.1, 0.15) is 11.4 Å². The maximum atomic E-state index is 11.9. The number of anilines is 1. The minimum absolute atomic E-state index is 0.208. The lowest BCUT2D eigenvalue weighted by Gasteiger charge is -2.08. The number of aromatic nitrogens is 1. The van der Waals surface area contributed by atoms with Gasteiger partial charge in [0, 0.05) is 11.8 Å². The highest BCUT2D eigenvalue weighted by Crippen LogP contribution is 2.27. The summed E-state index contributed by atoms with van der Waals surface area (Å²) in [5.74, 6) is 0.292. The van der Waals surface area contributed by atoms with Gasteiger partial charge in [0.25, 0.3) is 5.91 Å². The number of pyridine rings is 1. The summed E-state index contributed by atoms with van der Waals surface area (Å²) in [6.07, 6.45) is 0. The molecule has 5 nitrogen and oxygen atoms in total. The number of rotatable bonds is 3. The topological polar surface area (TPSA) is 71.2 Å². The van der Waals surface area contributed by atoms with Gasteiger partial charge in [-0.2, -0.15) is 0 Å². The number of nitrogens with one attached hydrogen (secondary N) is 2. The van der Waals surface area contributed by atoms with Crippen molar-refractivity contribution in [2.45, 2.75) is 0 Å². The molecule has 0 aliphatic heterocycles. The SMILES string of the molecule is COc1ccc(NC(=O)c2cccc(=O)[nH]2)cc1Br. The van der Waals surface area contributed by atoms with Gasteiger partial charge in [-0.05, 0) is 40.2 Å². The predicted octanol–water partition coefficient (Wildman–Crippen LogP) is 2.40. The number of carbonyl (C=O) groups is 1. The van der Waals surface area contributed by atoms with Crippen molar-refractivity contribution in [2.24, 2.45) is 0 Å². The second kappa shape index (κ2) is 5.71. The Morgan fingerprint density at radius 1 is 1.32 bits per heavy atom. The smallest absolute Gasteiger partial charge is 0.272 e. The van der Waals surface area contributed by atoms with Crippen LogP contribution >= 0.6 is 15.9 Å². The summed E-state index contributed by atoms with van der Waals surface area (Å²) in [6.45, 7) is 0. The summed E-state index contributed by atoms with van der Waals surface area (Å²) in [5, 5.41) is 2.68. The summed E-state index contributed by atoms with van der Waals surface area (Å²) in [6, 6.07) is 9.57. The van der Waals surface area contributed by atoms with Gasteiger partial charge in [-0.1, -0.05) is 6.07 Å². The average Bonchev–Trinajstić information content (AvgIpc) is 2.39. The minimum atomic E-state index is -0.380. The lowest BCUT2D eigenvalue weighted by Crippen LogP contribution is -2.17. The van der Waals surface area contributed by atoms with Crippen LogP contribution in [0.1, 0.15) is 10.5 Å². The number of ether oxygens (including phenoxy) is 1. The molecule has 6 heteroatoms. The molecule has 2 aromatic rings. The van der Waals surface area contributed by atoms with E-state index in [1.165, 1.54) is 18.2 Å². The number of H-pyrrole nitrogens is 1. The molecule has 0 atom stereocenters. The Bertz CT molecular complexity index is 667. The molecule has 0 aliphatic rings. The van der Waals surface area contributed by atoms with Crippen molar-refractivity contribution in [1.82, 2.24) is 4.98 Å². The van der Waals surface area contributed by atoms with Gasteiger partial charge in [0.05, 0.1) is 11.6 Å². The molecule has 0 saturated carbocycles. The van der Waals surface area contributed by atoms with E-state index in [0.29, 0.717) is 11.4 Å². The summed E-state index contributed by atoms with van der Waals surface area (Å²) in [7, 11) is 1.56. The molecule has 1 aromatic heterocycles. The fraction of sp³-hybridized carbons (Fsp3) is 0.0769. The van der Waals surface area contributed by atoms with Crippen LogP contribution in [-0.4, -0.2) is 18.0 Å². The second-order valence-corrected chi connectivity index (χ2v) is 4.59. The van der Waals surface area contributed by atoms with Crippen LogP contribution < -0.4 is 15.6 Å². The molecule has 1 aromatic carbocycles. The van der Waals surface area contributed by atoms with Crippen molar-refractivity contribution in [1.29, 1.82) is 0 Å². The van der Waals surface area contributed by atoms with Gasteiger partial charge in [-0.25, -0.2) is 0 Å². The summed E-state index contributed by atoms with van der Waals surface area (Å²) < 4.78 is 5.83. The summed E-state index contributed by atoms with van der Waals surface area (Å²) in [4.78, 5) is 25.5. The monoisotopic (exact) mass is 322 g/mol. The molecule has 0 saturated heterocycles. The van der Waals surface area contributed by atoms with E-state index in [-0.39, 0.29) is 17.2 Å². The normalized spacial score (nSPS) is 10.0. The first-order valence-electron chi connectivity index (χ1n) is 5.44. The van der Waals surface area contributed by atoms with Crippen LogP contribution in [-0.2, 0) is 0 Å². The van der Waals surface area contributed by atoms with Crippen LogP contribution in [0.2, 0.25) is 0 Å². The Morgan fingerprint density at radius 2 is 2.11 bits per heavy atom. The molecule has 2 rings (SSSR count). The van der Waals surface area contributed by atoms with Gasteiger partial charge in [-0.3, -0.25) is 9.59 Å². The van der Waals surface area contributed by atoms with Crippen molar-refractivity contribution >= 4 is 27.5 Å². The highest BCUT2D eigenvalue weighted by Gasteiger charge is 2.08. The quantitative estimate of drug-likeness (QED) is 0.911. The standard InChI is InChI=1S/C13H11BrN2O3/c1-19-11-6-5-8(7-9(11)14)15-13(18)10-3-2-4-12(17)16-10/h2-7H,1H3,(H,15,18)(H,16,17). The van der Waals surface area contributed by atoms with Crippen LogP contribution in [0.5, 0.6) is 5.75 Å². The van der Waals surface area contributed by atoms with Crippen LogP contribution in [0, 0.1) is 0 Å². The largest absolute Gasteiger partial charge is 0.496 e. The first kappa shape index (κ1) is 13.4. The van der Waals surface area contributed by atoms with Crippen molar-refractivity contribution in [3.63, 3.8) is 0 Å². The lowest BCUT2D eigenvalue weighted by molar-refractivity contribution is 0.102. The van der Waals surface area contributed by atoms with Crippen LogP contribution in [0.3, 0.4) is 0 Å². The molecule has 2 N–H and O–H groups in total. The zero-order chi connectivity index (χ0) is 13.8. The van der Waals surface area contributed by atoms with E-state index in [1.807, 2.05) is 0 Å². The molecular formula is C13H11BrN2O3. The lowest BCUT2D eigenvalue weighted by atomic mass is 10.3.